The van der Waals surface area contributed by atoms with Gasteiger partial charge in [0.25, 0.3) is 5.91 Å². The number of hydrogen-bond donors (Lipinski definition) is 1. The van der Waals surface area contributed by atoms with Gasteiger partial charge in [0.1, 0.15) is 23.2 Å². The summed E-state index contributed by atoms with van der Waals surface area (Å²) >= 11 is 0. The van der Waals surface area contributed by atoms with Crippen LogP contribution in [-0.4, -0.2) is 33.1 Å². The van der Waals surface area contributed by atoms with Crippen molar-refractivity contribution in [3.05, 3.63) is 70.9 Å². The van der Waals surface area contributed by atoms with Gasteiger partial charge in [0.2, 0.25) is 0 Å². The van der Waals surface area contributed by atoms with Gasteiger partial charge in [-0.1, -0.05) is 26.8 Å². The number of aromatic nitrogens is 4. The second-order valence-corrected chi connectivity index (χ2v) is 9.29. The van der Waals surface area contributed by atoms with Crippen LogP contribution in [0.5, 0.6) is 0 Å². The van der Waals surface area contributed by atoms with Crippen molar-refractivity contribution >= 4 is 5.91 Å². The van der Waals surface area contributed by atoms with Gasteiger partial charge in [0, 0.05) is 13.2 Å². The van der Waals surface area contributed by atoms with E-state index >= 15 is 0 Å². The van der Waals surface area contributed by atoms with Crippen molar-refractivity contribution in [3.63, 3.8) is 0 Å². The number of carbonyl (C=O) groups excluding carboxylic acids is 1. The molecule has 0 aliphatic heterocycles. The van der Waals surface area contributed by atoms with Gasteiger partial charge >= 0.3 is 0 Å². The first-order valence-corrected chi connectivity index (χ1v) is 11.0. The lowest BCUT2D eigenvalue weighted by molar-refractivity contribution is 0.0955. The molecular formula is C25H27F2N5O. The largest absolute Gasteiger partial charge is 0.354 e. The van der Waals surface area contributed by atoms with Crippen molar-refractivity contribution in [2.45, 2.75) is 51.9 Å². The topological polar surface area (TPSA) is 80.7 Å². The Balaban J connectivity index is 1.95. The third kappa shape index (κ3) is 3.57. The molecule has 1 N–H and O–H groups in total. The fourth-order valence-electron chi connectivity index (χ4n) is 4.85. The fourth-order valence-corrected chi connectivity index (χ4v) is 4.85. The number of rotatable bonds is 4. The lowest BCUT2D eigenvalue weighted by atomic mass is 9.55. The van der Waals surface area contributed by atoms with Crippen molar-refractivity contribution in [1.29, 1.82) is 0 Å². The Morgan fingerprint density at radius 2 is 1.85 bits per heavy atom. The van der Waals surface area contributed by atoms with E-state index in [1.165, 1.54) is 18.2 Å². The maximum Gasteiger partial charge on any atom is 0.269 e. The number of fused-ring (bicyclic) bond motifs is 1. The third-order valence-electron chi connectivity index (χ3n) is 7.12. The van der Waals surface area contributed by atoms with Crippen molar-refractivity contribution in [2.24, 2.45) is 5.41 Å². The summed E-state index contributed by atoms with van der Waals surface area (Å²) < 4.78 is 29.0. The first-order chi connectivity index (χ1) is 15.6. The Hall–Kier alpha value is -3.29. The van der Waals surface area contributed by atoms with Gasteiger partial charge in [0.05, 0.1) is 22.4 Å². The standard InChI is InChI=1S/C25H27F2N5O/c1-6-14-13-24(2,3)25(4,23-29-11-10-18(30-23)22(33)28-5)21-15(14)12-19(31-32-21)20-16(26)8-7-9-17(20)27/h7-12,14H,6,13H2,1-5H3,(H,28,33)/t14-,25-/m1/s1. The molecule has 1 aliphatic carbocycles. The van der Waals surface area contributed by atoms with Crippen LogP contribution in [0.25, 0.3) is 11.3 Å². The highest BCUT2D eigenvalue weighted by Crippen LogP contribution is 2.56. The first-order valence-electron chi connectivity index (χ1n) is 11.0. The fraction of sp³-hybridized carbons (Fsp3) is 0.400. The summed E-state index contributed by atoms with van der Waals surface area (Å²) in [5.74, 6) is -1.09. The highest BCUT2D eigenvalue weighted by molar-refractivity contribution is 5.91. The van der Waals surface area contributed by atoms with E-state index in [1.807, 2.05) is 6.92 Å². The molecule has 0 unspecified atom stereocenters. The Kier molecular flexibility index (Phi) is 5.72. The minimum absolute atomic E-state index is 0.120. The highest BCUT2D eigenvalue weighted by atomic mass is 19.1. The predicted molar refractivity (Wildman–Crippen MR) is 121 cm³/mol. The average molecular weight is 452 g/mol. The second-order valence-electron chi connectivity index (χ2n) is 9.29. The predicted octanol–water partition coefficient (Wildman–Crippen LogP) is 4.80. The SMILES string of the molecule is CC[C@@H]1CC(C)(C)[C@@](C)(c2nccc(C(=O)NC)n2)c2nnc(-c3c(F)cccc3F)cc21. The molecule has 0 fully saturated rings. The number of nitrogens with one attached hydrogen (secondary N) is 1. The Morgan fingerprint density at radius 3 is 2.48 bits per heavy atom. The summed E-state index contributed by atoms with van der Waals surface area (Å²) in [7, 11) is 1.55. The van der Waals surface area contributed by atoms with Gasteiger partial charge in [-0.15, -0.1) is 5.10 Å². The minimum atomic E-state index is -0.780. The van der Waals surface area contributed by atoms with Crippen LogP contribution < -0.4 is 5.32 Å². The van der Waals surface area contributed by atoms with E-state index in [0.29, 0.717) is 11.5 Å². The Bertz CT molecular complexity index is 1210. The Labute approximate surface area is 191 Å². The van der Waals surface area contributed by atoms with Crippen molar-refractivity contribution in [1.82, 2.24) is 25.5 Å². The molecule has 0 saturated heterocycles. The summed E-state index contributed by atoms with van der Waals surface area (Å²) in [6, 6.07) is 7.05. The summed E-state index contributed by atoms with van der Waals surface area (Å²) in [4.78, 5) is 21.3. The number of halogens is 2. The minimum Gasteiger partial charge on any atom is -0.354 e. The maximum absolute atomic E-state index is 14.5. The maximum atomic E-state index is 14.5. The molecule has 6 nitrogen and oxygen atoms in total. The van der Waals surface area contributed by atoms with Crippen molar-refractivity contribution < 1.29 is 13.6 Å². The molecule has 3 aromatic rings. The molecule has 2 heterocycles. The normalized spacial score (nSPS) is 21.4. The Morgan fingerprint density at radius 1 is 1.15 bits per heavy atom. The zero-order valence-corrected chi connectivity index (χ0v) is 19.4. The highest BCUT2D eigenvalue weighted by Gasteiger charge is 2.53. The summed E-state index contributed by atoms with van der Waals surface area (Å²) in [6.45, 7) is 8.33. The summed E-state index contributed by atoms with van der Waals surface area (Å²) in [5, 5.41) is 11.4. The molecule has 1 aliphatic rings. The molecule has 1 aromatic carbocycles. The molecule has 0 radical (unpaired) electrons. The quantitative estimate of drug-likeness (QED) is 0.616. The molecule has 8 heteroatoms. The molecule has 2 aromatic heterocycles. The van der Waals surface area contributed by atoms with Crippen LogP contribution in [0.15, 0.2) is 36.5 Å². The monoisotopic (exact) mass is 451 g/mol. The van der Waals surface area contributed by atoms with Gasteiger partial charge in [-0.2, -0.15) is 5.10 Å². The molecular weight excluding hydrogens is 424 g/mol. The van der Waals surface area contributed by atoms with Crippen LogP contribution in [-0.2, 0) is 5.41 Å². The van der Waals surface area contributed by atoms with E-state index in [2.05, 4.69) is 46.3 Å². The average Bonchev–Trinajstić information content (AvgIpc) is 2.80. The zero-order chi connectivity index (χ0) is 24.0. The number of nitrogens with zero attached hydrogens (tertiary/aromatic N) is 4. The lowest BCUT2D eigenvalue weighted by Crippen LogP contribution is -2.48. The van der Waals surface area contributed by atoms with Crippen LogP contribution in [0, 0.1) is 17.0 Å². The van der Waals surface area contributed by atoms with Crippen LogP contribution in [0.4, 0.5) is 8.78 Å². The van der Waals surface area contributed by atoms with Gasteiger partial charge < -0.3 is 5.32 Å². The van der Waals surface area contributed by atoms with Gasteiger partial charge in [-0.25, -0.2) is 18.7 Å². The van der Waals surface area contributed by atoms with Crippen LogP contribution in [0.2, 0.25) is 0 Å². The van der Waals surface area contributed by atoms with E-state index < -0.39 is 17.0 Å². The number of hydrogen-bond acceptors (Lipinski definition) is 5. The molecule has 0 bridgehead atoms. The smallest absolute Gasteiger partial charge is 0.269 e. The molecule has 172 valence electrons. The second kappa shape index (κ2) is 8.24. The van der Waals surface area contributed by atoms with E-state index in [4.69, 9.17) is 0 Å². The van der Waals surface area contributed by atoms with Crippen LogP contribution >= 0.6 is 0 Å². The van der Waals surface area contributed by atoms with Gasteiger partial charge in [-0.05, 0) is 60.9 Å². The first kappa shape index (κ1) is 22.9. The van der Waals surface area contributed by atoms with E-state index in [1.54, 1.807) is 25.4 Å². The number of carbonyl (C=O) groups is 1. The number of amides is 1. The molecule has 1 amide bonds. The van der Waals surface area contributed by atoms with E-state index in [9.17, 15) is 13.6 Å². The van der Waals surface area contributed by atoms with Crippen LogP contribution in [0.1, 0.15) is 74.0 Å². The third-order valence-corrected chi connectivity index (χ3v) is 7.12. The molecule has 0 spiro atoms. The van der Waals surface area contributed by atoms with Gasteiger partial charge in [-0.3, -0.25) is 4.79 Å². The summed E-state index contributed by atoms with van der Waals surface area (Å²) in [6.07, 6.45) is 3.18. The van der Waals surface area contributed by atoms with E-state index in [-0.39, 0.29) is 34.2 Å². The molecule has 4 rings (SSSR count). The van der Waals surface area contributed by atoms with Gasteiger partial charge in [0.15, 0.2) is 0 Å². The van der Waals surface area contributed by atoms with Crippen LogP contribution in [0.3, 0.4) is 0 Å². The number of benzene rings is 1. The zero-order valence-electron chi connectivity index (χ0n) is 19.4. The lowest BCUT2D eigenvalue weighted by Gasteiger charge is -2.49. The van der Waals surface area contributed by atoms with Crippen molar-refractivity contribution in [3.8, 4) is 11.3 Å². The molecule has 0 saturated carbocycles. The molecule has 33 heavy (non-hydrogen) atoms. The van der Waals surface area contributed by atoms with E-state index in [0.717, 1.165) is 18.4 Å². The summed E-state index contributed by atoms with van der Waals surface area (Å²) in [5.41, 5.74) is 0.661. The molecule has 2 atom stereocenters. The van der Waals surface area contributed by atoms with Crippen molar-refractivity contribution in [2.75, 3.05) is 7.05 Å².